The van der Waals surface area contributed by atoms with Gasteiger partial charge in [-0.15, -0.1) is 0 Å². The number of aryl methyl sites for hydroxylation is 2. The molecule has 2 heterocycles. The molecule has 0 spiro atoms. The van der Waals surface area contributed by atoms with Gasteiger partial charge in [-0.1, -0.05) is 17.7 Å². The van der Waals surface area contributed by atoms with E-state index >= 15 is 0 Å². The van der Waals surface area contributed by atoms with Crippen LogP contribution in [0.25, 0.3) is 0 Å². The predicted octanol–water partition coefficient (Wildman–Crippen LogP) is 3.93. The number of rotatable bonds is 2. The first-order valence-corrected chi connectivity index (χ1v) is 8.50. The Morgan fingerprint density at radius 3 is 2.08 bits per heavy atom. The molecule has 2 amide bonds. The monoisotopic (exact) mass is 332 g/mol. The maximum atomic E-state index is 11.6. The van der Waals surface area contributed by atoms with E-state index in [2.05, 4.69) is 6.07 Å². The van der Waals surface area contributed by atoms with Crippen molar-refractivity contribution in [3.05, 3.63) is 34.4 Å². The van der Waals surface area contributed by atoms with Crippen molar-refractivity contribution >= 4 is 12.2 Å². The minimum atomic E-state index is -0.899. The first-order chi connectivity index (χ1) is 11.4. The molecule has 24 heavy (non-hydrogen) atoms. The Morgan fingerprint density at radius 2 is 1.50 bits per heavy atom. The SMILES string of the molecule is Cc1cc(C)c(C2CCCN2C(=O)O)c(C2CCCN2C(=O)O)c1. The second-order valence-electron chi connectivity index (χ2n) is 6.85. The standard InChI is InChI=1S/C18H24N2O4/c1-11-9-12(2)16(15-6-4-8-20(15)18(23)24)13(10-11)14-5-3-7-19(14)17(21)22/h9-10,14-15H,3-8H2,1-2H3,(H,21,22)(H,23,24). The van der Waals surface area contributed by atoms with E-state index in [0.717, 1.165) is 47.9 Å². The van der Waals surface area contributed by atoms with Gasteiger partial charge in [-0.25, -0.2) is 9.59 Å². The van der Waals surface area contributed by atoms with Crippen molar-refractivity contribution in [1.82, 2.24) is 9.80 Å². The Bertz CT molecular complexity index is 673. The van der Waals surface area contributed by atoms with Crippen molar-refractivity contribution < 1.29 is 19.8 Å². The molecule has 2 aliphatic heterocycles. The van der Waals surface area contributed by atoms with Crippen LogP contribution in [0.3, 0.4) is 0 Å². The molecule has 2 aliphatic rings. The molecule has 0 aliphatic carbocycles. The van der Waals surface area contributed by atoms with Gasteiger partial charge < -0.3 is 20.0 Å². The summed E-state index contributed by atoms with van der Waals surface area (Å²) in [7, 11) is 0. The van der Waals surface area contributed by atoms with E-state index < -0.39 is 12.2 Å². The summed E-state index contributed by atoms with van der Waals surface area (Å²) in [4.78, 5) is 26.2. The first kappa shape index (κ1) is 16.6. The van der Waals surface area contributed by atoms with E-state index in [-0.39, 0.29) is 12.1 Å². The summed E-state index contributed by atoms with van der Waals surface area (Å²) in [5.41, 5.74) is 4.15. The molecule has 0 saturated carbocycles. The highest BCUT2D eigenvalue weighted by atomic mass is 16.4. The Balaban J connectivity index is 2.09. The molecule has 6 nitrogen and oxygen atoms in total. The summed E-state index contributed by atoms with van der Waals surface area (Å²) in [6.45, 7) is 5.09. The van der Waals surface area contributed by atoms with E-state index in [1.807, 2.05) is 19.9 Å². The second kappa shape index (κ2) is 6.34. The Morgan fingerprint density at radius 1 is 0.958 bits per heavy atom. The summed E-state index contributed by atoms with van der Waals surface area (Å²) in [5, 5.41) is 19.0. The van der Waals surface area contributed by atoms with Crippen LogP contribution >= 0.6 is 0 Å². The van der Waals surface area contributed by atoms with Gasteiger partial charge in [0.2, 0.25) is 0 Å². The maximum absolute atomic E-state index is 11.6. The Kier molecular flexibility index (Phi) is 4.39. The molecule has 0 aromatic heterocycles. The lowest BCUT2D eigenvalue weighted by molar-refractivity contribution is 0.135. The number of nitrogens with zero attached hydrogens (tertiary/aromatic N) is 2. The molecule has 2 fully saturated rings. The van der Waals surface area contributed by atoms with Gasteiger partial charge in [0.25, 0.3) is 0 Å². The molecule has 0 radical (unpaired) electrons. The van der Waals surface area contributed by atoms with E-state index in [1.54, 1.807) is 0 Å². The molecular formula is C18H24N2O4. The van der Waals surface area contributed by atoms with E-state index in [1.165, 1.54) is 9.80 Å². The minimum Gasteiger partial charge on any atom is -0.465 e. The third kappa shape index (κ3) is 2.81. The van der Waals surface area contributed by atoms with Crippen LogP contribution in [0.1, 0.15) is 60.0 Å². The highest BCUT2D eigenvalue weighted by Gasteiger charge is 2.37. The van der Waals surface area contributed by atoms with Crippen LogP contribution in [-0.4, -0.2) is 45.3 Å². The van der Waals surface area contributed by atoms with Gasteiger partial charge in [-0.05, 0) is 56.2 Å². The summed E-state index contributed by atoms with van der Waals surface area (Å²) >= 11 is 0. The molecule has 130 valence electrons. The molecule has 2 unspecified atom stereocenters. The minimum absolute atomic E-state index is 0.172. The van der Waals surface area contributed by atoms with Crippen molar-refractivity contribution in [3.63, 3.8) is 0 Å². The van der Waals surface area contributed by atoms with Crippen LogP contribution in [0.15, 0.2) is 12.1 Å². The molecule has 6 heteroatoms. The predicted molar refractivity (Wildman–Crippen MR) is 89.3 cm³/mol. The van der Waals surface area contributed by atoms with Crippen LogP contribution in [0, 0.1) is 13.8 Å². The average Bonchev–Trinajstić information content (AvgIpc) is 3.15. The number of likely N-dealkylation sites (tertiary alicyclic amines) is 2. The molecule has 1 aromatic rings. The van der Waals surface area contributed by atoms with Crippen LogP contribution < -0.4 is 0 Å². The van der Waals surface area contributed by atoms with Crippen LogP contribution in [0.2, 0.25) is 0 Å². The van der Waals surface area contributed by atoms with Crippen molar-refractivity contribution in [2.24, 2.45) is 0 Å². The maximum Gasteiger partial charge on any atom is 0.407 e. The average molecular weight is 332 g/mol. The molecular weight excluding hydrogens is 308 g/mol. The van der Waals surface area contributed by atoms with E-state index in [9.17, 15) is 19.8 Å². The number of carboxylic acid groups (broad SMARTS) is 2. The van der Waals surface area contributed by atoms with Crippen molar-refractivity contribution in [2.45, 2.75) is 51.6 Å². The highest BCUT2D eigenvalue weighted by Crippen LogP contribution is 2.42. The van der Waals surface area contributed by atoms with Gasteiger partial charge >= 0.3 is 12.2 Å². The summed E-state index contributed by atoms with van der Waals surface area (Å²) < 4.78 is 0. The van der Waals surface area contributed by atoms with Crippen LogP contribution in [0.4, 0.5) is 9.59 Å². The largest absolute Gasteiger partial charge is 0.465 e. The molecule has 0 bridgehead atoms. The van der Waals surface area contributed by atoms with Gasteiger partial charge in [0, 0.05) is 13.1 Å². The van der Waals surface area contributed by atoms with Crippen molar-refractivity contribution in [3.8, 4) is 0 Å². The lowest BCUT2D eigenvalue weighted by Crippen LogP contribution is -2.33. The third-order valence-corrected chi connectivity index (χ3v) is 5.25. The molecule has 3 rings (SSSR count). The Hall–Kier alpha value is -2.24. The normalized spacial score (nSPS) is 23.8. The summed E-state index contributed by atoms with van der Waals surface area (Å²) in [5.74, 6) is 0. The zero-order valence-corrected chi connectivity index (χ0v) is 14.2. The molecule has 1 aromatic carbocycles. The van der Waals surface area contributed by atoms with Crippen molar-refractivity contribution in [1.29, 1.82) is 0 Å². The number of carbonyl (C=O) groups is 2. The number of amides is 2. The Labute approximate surface area is 141 Å². The molecule has 2 N–H and O–H groups in total. The molecule has 2 saturated heterocycles. The smallest absolute Gasteiger partial charge is 0.407 e. The lowest BCUT2D eigenvalue weighted by Gasteiger charge is -2.31. The lowest BCUT2D eigenvalue weighted by atomic mass is 9.87. The van der Waals surface area contributed by atoms with Gasteiger partial charge in [0.1, 0.15) is 0 Å². The second-order valence-corrected chi connectivity index (χ2v) is 6.85. The fourth-order valence-corrected chi connectivity index (χ4v) is 4.36. The van der Waals surface area contributed by atoms with Crippen LogP contribution in [-0.2, 0) is 0 Å². The fraction of sp³-hybridized carbons (Fsp3) is 0.556. The van der Waals surface area contributed by atoms with Crippen LogP contribution in [0.5, 0.6) is 0 Å². The fourth-order valence-electron chi connectivity index (χ4n) is 4.36. The zero-order chi connectivity index (χ0) is 17.4. The first-order valence-electron chi connectivity index (χ1n) is 8.50. The topological polar surface area (TPSA) is 81.1 Å². The highest BCUT2D eigenvalue weighted by molar-refractivity contribution is 5.68. The zero-order valence-electron chi connectivity index (χ0n) is 14.2. The van der Waals surface area contributed by atoms with Crippen molar-refractivity contribution in [2.75, 3.05) is 13.1 Å². The molecule has 2 atom stereocenters. The quantitative estimate of drug-likeness (QED) is 0.859. The van der Waals surface area contributed by atoms with Gasteiger partial charge in [0.05, 0.1) is 12.1 Å². The number of benzene rings is 1. The number of hydrogen-bond acceptors (Lipinski definition) is 2. The number of hydrogen-bond donors (Lipinski definition) is 2. The van der Waals surface area contributed by atoms with Gasteiger partial charge in [-0.3, -0.25) is 0 Å². The van der Waals surface area contributed by atoms with Gasteiger partial charge in [-0.2, -0.15) is 0 Å². The third-order valence-electron chi connectivity index (χ3n) is 5.25. The summed E-state index contributed by atoms with van der Waals surface area (Å²) in [6.07, 6.45) is 1.48. The summed E-state index contributed by atoms with van der Waals surface area (Å²) in [6, 6.07) is 3.77. The van der Waals surface area contributed by atoms with E-state index in [4.69, 9.17) is 0 Å². The van der Waals surface area contributed by atoms with Gasteiger partial charge in [0.15, 0.2) is 0 Å². The van der Waals surface area contributed by atoms with E-state index in [0.29, 0.717) is 13.1 Å².